The van der Waals surface area contributed by atoms with Crippen LogP contribution in [0.1, 0.15) is 32.1 Å². The number of amides is 1. The van der Waals surface area contributed by atoms with Gasteiger partial charge in [-0.15, -0.1) is 0 Å². The minimum Gasteiger partial charge on any atom is -0.396 e. The SMILES string of the molecule is NC(N)=NCCC[C@H](NS(=O)(=O)c1ccc2ccccc2c1)C(=O)N1CCC(CCO)CC1. The van der Waals surface area contributed by atoms with E-state index in [2.05, 4.69) is 9.71 Å². The van der Waals surface area contributed by atoms with E-state index in [4.69, 9.17) is 16.6 Å². The predicted molar refractivity (Wildman–Crippen MR) is 129 cm³/mol. The summed E-state index contributed by atoms with van der Waals surface area (Å²) < 4.78 is 29.0. The molecule has 180 valence electrons. The molecule has 2 aromatic rings. The first-order chi connectivity index (χ1) is 15.8. The van der Waals surface area contributed by atoms with Gasteiger partial charge >= 0.3 is 0 Å². The highest BCUT2D eigenvalue weighted by atomic mass is 32.2. The first kappa shape index (κ1) is 24.9. The van der Waals surface area contributed by atoms with Crippen LogP contribution in [0.4, 0.5) is 0 Å². The van der Waals surface area contributed by atoms with E-state index < -0.39 is 16.1 Å². The van der Waals surface area contributed by atoms with Crippen molar-refractivity contribution in [1.82, 2.24) is 9.62 Å². The van der Waals surface area contributed by atoms with E-state index in [-0.39, 0.29) is 29.8 Å². The third kappa shape index (κ3) is 6.89. The smallest absolute Gasteiger partial charge is 0.241 e. The lowest BCUT2D eigenvalue weighted by molar-refractivity contribution is -0.134. The highest BCUT2D eigenvalue weighted by Crippen LogP contribution is 2.23. The summed E-state index contributed by atoms with van der Waals surface area (Å²) in [4.78, 5) is 19.0. The molecule has 0 radical (unpaired) electrons. The number of guanidine groups is 1. The van der Waals surface area contributed by atoms with Gasteiger partial charge in [0.25, 0.3) is 0 Å². The number of rotatable bonds is 10. The van der Waals surface area contributed by atoms with Gasteiger partial charge in [-0.1, -0.05) is 30.3 Å². The number of aliphatic hydroxyl groups excluding tert-OH is 1. The fourth-order valence-corrected chi connectivity index (χ4v) is 5.43. The van der Waals surface area contributed by atoms with Gasteiger partial charge in [0.15, 0.2) is 5.96 Å². The summed E-state index contributed by atoms with van der Waals surface area (Å²) in [5.74, 6) is 0.0979. The van der Waals surface area contributed by atoms with E-state index in [1.54, 1.807) is 23.1 Å². The summed E-state index contributed by atoms with van der Waals surface area (Å²) >= 11 is 0. The molecule has 0 spiro atoms. The number of aliphatic hydroxyl groups is 1. The van der Waals surface area contributed by atoms with Crippen LogP contribution in [0.2, 0.25) is 0 Å². The molecule has 0 saturated carbocycles. The third-order valence-electron chi connectivity index (χ3n) is 6.04. The lowest BCUT2D eigenvalue weighted by atomic mass is 9.93. The summed E-state index contributed by atoms with van der Waals surface area (Å²) in [5.41, 5.74) is 10.7. The number of piperidine rings is 1. The molecule has 1 heterocycles. The van der Waals surface area contributed by atoms with Crippen molar-refractivity contribution in [1.29, 1.82) is 0 Å². The number of nitrogens with two attached hydrogens (primary N) is 2. The number of hydrogen-bond donors (Lipinski definition) is 4. The highest BCUT2D eigenvalue weighted by molar-refractivity contribution is 7.89. The van der Waals surface area contributed by atoms with Gasteiger partial charge in [0, 0.05) is 26.2 Å². The van der Waals surface area contributed by atoms with E-state index in [1.165, 1.54) is 0 Å². The maximum Gasteiger partial charge on any atom is 0.241 e. The molecule has 0 aliphatic carbocycles. The number of hydrogen-bond acceptors (Lipinski definition) is 5. The monoisotopic (exact) mass is 475 g/mol. The Bertz CT molecular complexity index is 1080. The highest BCUT2D eigenvalue weighted by Gasteiger charge is 2.31. The Morgan fingerprint density at radius 3 is 2.52 bits per heavy atom. The van der Waals surface area contributed by atoms with E-state index >= 15 is 0 Å². The molecule has 1 aliphatic rings. The number of nitrogens with one attached hydrogen (secondary N) is 1. The van der Waals surface area contributed by atoms with Crippen LogP contribution in [-0.2, 0) is 14.8 Å². The third-order valence-corrected chi connectivity index (χ3v) is 7.50. The Labute approximate surface area is 194 Å². The Morgan fingerprint density at radius 2 is 1.85 bits per heavy atom. The van der Waals surface area contributed by atoms with E-state index in [0.29, 0.717) is 32.0 Å². The molecule has 0 unspecified atom stereocenters. The second kappa shape index (κ2) is 11.4. The van der Waals surface area contributed by atoms with Gasteiger partial charge in [-0.05, 0) is 60.9 Å². The van der Waals surface area contributed by atoms with Crippen LogP contribution >= 0.6 is 0 Å². The fourth-order valence-electron chi connectivity index (χ4n) is 4.17. The van der Waals surface area contributed by atoms with Gasteiger partial charge in [0.2, 0.25) is 15.9 Å². The number of carbonyl (C=O) groups excluding carboxylic acids is 1. The van der Waals surface area contributed by atoms with Crippen molar-refractivity contribution in [2.45, 2.75) is 43.0 Å². The molecule has 33 heavy (non-hydrogen) atoms. The fraction of sp³-hybridized carbons (Fsp3) is 0.478. The van der Waals surface area contributed by atoms with Crippen molar-refractivity contribution in [3.63, 3.8) is 0 Å². The number of aliphatic imine (C=N–C) groups is 1. The van der Waals surface area contributed by atoms with Crippen molar-refractivity contribution in [2.75, 3.05) is 26.2 Å². The zero-order valence-corrected chi connectivity index (χ0v) is 19.5. The zero-order valence-electron chi connectivity index (χ0n) is 18.7. The lowest BCUT2D eigenvalue weighted by Crippen LogP contribution is -2.50. The van der Waals surface area contributed by atoms with E-state index in [1.807, 2.05) is 24.3 Å². The number of nitrogens with zero attached hydrogens (tertiary/aromatic N) is 2. The number of likely N-dealkylation sites (tertiary alicyclic amines) is 1. The van der Waals surface area contributed by atoms with Gasteiger partial charge in [-0.2, -0.15) is 4.72 Å². The normalized spacial score (nSPS) is 16.0. The Hall–Kier alpha value is -2.69. The number of benzene rings is 2. The Kier molecular flexibility index (Phi) is 8.65. The zero-order chi connectivity index (χ0) is 23.8. The largest absolute Gasteiger partial charge is 0.396 e. The summed E-state index contributed by atoms with van der Waals surface area (Å²) in [6.07, 6.45) is 3.04. The molecule has 1 amide bonds. The van der Waals surface area contributed by atoms with E-state index in [0.717, 1.165) is 30.0 Å². The number of sulfonamides is 1. The molecule has 1 fully saturated rings. The van der Waals surface area contributed by atoms with Crippen molar-refractivity contribution in [3.05, 3.63) is 42.5 Å². The predicted octanol–water partition coefficient (Wildman–Crippen LogP) is 1.16. The molecule has 1 atom stereocenters. The molecule has 0 aromatic heterocycles. The van der Waals surface area contributed by atoms with Gasteiger partial charge in [0.05, 0.1) is 4.90 Å². The summed E-state index contributed by atoms with van der Waals surface area (Å²) in [6.45, 7) is 1.54. The molecule has 0 bridgehead atoms. The van der Waals surface area contributed by atoms with E-state index in [9.17, 15) is 13.2 Å². The number of fused-ring (bicyclic) bond motifs is 1. The van der Waals surface area contributed by atoms with Crippen LogP contribution in [0.5, 0.6) is 0 Å². The first-order valence-electron chi connectivity index (χ1n) is 11.3. The maximum atomic E-state index is 13.3. The molecule has 2 aromatic carbocycles. The molecule has 6 N–H and O–H groups in total. The van der Waals surface area contributed by atoms with Crippen LogP contribution in [0.25, 0.3) is 10.8 Å². The Morgan fingerprint density at radius 1 is 1.15 bits per heavy atom. The second-order valence-electron chi connectivity index (χ2n) is 8.41. The minimum atomic E-state index is -3.92. The summed E-state index contributed by atoms with van der Waals surface area (Å²) in [6, 6.07) is 11.5. The van der Waals surface area contributed by atoms with Crippen molar-refractivity contribution in [3.8, 4) is 0 Å². The van der Waals surface area contributed by atoms with Gasteiger partial charge < -0.3 is 21.5 Å². The van der Waals surface area contributed by atoms with Crippen LogP contribution in [0.3, 0.4) is 0 Å². The van der Waals surface area contributed by atoms with Crippen LogP contribution in [0.15, 0.2) is 52.4 Å². The summed E-state index contributed by atoms with van der Waals surface area (Å²) in [5, 5.41) is 10.9. The average Bonchev–Trinajstić information content (AvgIpc) is 2.80. The van der Waals surface area contributed by atoms with Crippen LogP contribution < -0.4 is 16.2 Å². The second-order valence-corrected chi connectivity index (χ2v) is 10.1. The van der Waals surface area contributed by atoms with Gasteiger partial charge in [-0.3, -0.25) is 9.79 Å². The lowest BCUT2D eigenvalue weighted by Gasteiger charge is -2.34. The van der Waals surface area contributed by atoms with Crippen LogP contribution in [0, 0.1) is 5.92 Å². The summed E-state index contributed by atoms with van der Waals surface area (Å²) in [7, 11) is -3.92. The minimum absolute atomic E-state index is 0.0411. The molecular weight excluding hydrogens is 442 g/mol. The molecule has 3 rings (SSSR count). The molecular formula is C23H33N5O4S. The first-order valence-corrected chi connectivity index (χ1v) is 12.7. The van der Waals surface area contributed by atoms with Gasteiger partial charge in [0.1, 0.15) is 6.04 Å². The Balaban J connectivity index is 1.76. The average molecular weight is 476 g/mol. The number of carbonyl (C=O) groups is 1. The van der Waals surface area contributed by atoms with Crippen molar-refractivity contribution >= 4 is 32.7 Å². The molecule has 10 heteroatoms. The molecule has 1 aliphatic heterocycles. The molecule has 9 nitrogen and oxygen atoms in total. The maximum absolute atomic E-state index is 13.3. The topological polar surface area (TPSA) is 151 Å². The van der Waals surface area contributed by atoms with Crippen molar-refractivity contribution < 1.29 is 18.3 Å². The van der Waals surface area contributed by atoms with Crippen LogP contribution in [-0.4, -0.2) is 62.6 Å². The van der Waals surface area contributed by atoms with Gasteiger partial charge in [-0.25, -0.2) is 8.42 Å². The standard InChI is InChI=1S/C23H33N5O4S/c24-23(25)26-12-3-6-21(22(30)28-13-9-17(10-14-28)11-15-29)27-33(31,32)20-8-7-18-4-1-2-5-19(18)16-20/h1-2,4-5,7-8,16-17,21,27,29H,3,6,9-15H2,(H4,24,25,26)/t21-/m0/s1. The molecule has 1 saturated heterocycles. The van der Waals surface area contributed by atoms with Crippen molar-refractivity contribution in [2.24, 2.45) is 22.4 Å². The quantitative estimate of drug-likeness (QED) is 0.230.